The Morgan fingerprint density at radius 1 is 0.889 bits per heavy atom. The molecule has 36 heavy (non-hydrogen) atoms. The maximum atomic E-state index is 13.6. The first-order chi connectivity index (χ1) is 17.2. The minimum Gasteiger partial charge on any atom is -0.508 e. The summed E-state index contributed by atoms with van der Waals surface area (Å²) in [6, 6.07) is 11.6. The van der Waals surface area contributed by atoms with Crippen LogP contribution in [0.1, 0.15) is 50.4 Å². The van der Waals surface area contributed by atoms with Crippen LogP contribution in [0.5, 0.6) is 5.75 Å². The minimum absolute atomic E-state index is 0.0951. The van der Waals surface area contributed by atoms with Crippen LogP contribution in [0.3, 0.4) is 0 Å². The van der Waals surface area contributed by atoms with E-state index in [1.807, 2.05) is 6.07 Å². The van der Waals surface area contributed by atoms with Crippen molar-refractivity contribution in [1.29, 1.82) is 0 Å². The number of aromatic carboxylic acids is 1. The lowest BCUT2D eigenvalue weighted by Gasteiger charge is -2.28. The number of aromatic nitrogens is 1. The summed E-state index contributed by atoms with van der Waals surface area (Å²) in [6.45, 7) is 1.18. The quantitative estimate of drug-likeness (QED) is 0.505. The number of hydrogen-bond acceptors (Lipinski definition) is 4. The summed E-state index contributed by atoms with van der Waals surface area (Å²) in [7, 11) is 1.68. The van der Waals surface area contributed by atoms with E-state index in [9.17, 15) is 29.7 Å². The number of amides is 2. The molecule has 9 heteroatoms. The first-order valence-electron chi connectivity index (χ1n) is 11.9. The molecule has 0 spiro atoms. The van der Waals surface area contributed by atoms with E-state index in [1.54, 1.807) is 31.3 Å². The summed E-state index contributed by atoms with van der Waals surface area (Å²) in [4.78, 5) is 40.1. The topological polar surface area (TPSA) is 123 Å². The van der Waals surface area contributed by atoms with Crippen LogP contribution in [0.4, 0.5) is 10.5 Å². The molecule has 3 heterocycles. The Kier molecular flexibility index (Phi) is 5.91. The minimum atomic E-state index is -1.10. The zero-order chi connectivity index (χ0) is 25.6. The number of aromatic hydroxyl groups is 1. The average molecular weight is 490 g/mol. The summed E-state index contributed by atoms with van der Waals surface area (Å²) in [5, 5.41) is 29.0. The molecule has 0 saturated carbocycles. The maximum Gasteiger partial charge on any atom is 0.407 e. The van der Waals surface area contributed by atoms with Crippen molar-refractivity contribution in [1.82, 2.24) is 9.47 Å². The molecule has 2 aromatic carbocycles. The van der Waals surface area contributed by atoms with Gasteiger partial charge in [-0.05, 0) is 79.3 Å². The summed E-state index contributed by atoms with van der Waals surface area (Å²) >= 11 is 0. The highest BCUT2D eigenvalue weighted by Gasteiger charge is 2.29. The van der Waals surface area contributed by atoms with Gasteiger partial charge in [0.1, 0.15) is 5.75 Å². The van der Waals surface area contributed by atoms with Crippen LogP contribution >= 0.6 is 0 Å². The molecule has 9 nitrogen and oxygen atoms in total. The number of phenols is 1. The molecule has 2 amide bonds. The van der Waals surface area contributed by atoms with Crippen molar-refractivity contribution >= 4 is 23.7 Å². The van der Waals surface area contributed by atoms with Gasteiger partial charge in [0.25, 0.3) is 5.91 Å². The molecule has 0 fully saturated rings. The van der Waals surface area contributed by atoms with E-state index in [4.69, 9.17) is 0 Å². The van der Waals surface area contributed by atoms with Crippen molar-refractivity contribution in [3.63, 3.8) is 0 Å². The van der Waals surface area contributed by atoms with Crippen molar-refractivity contribution in [2.24, 2.45) is 0 Å². The molecule has 3 aromatic rings. The molecular weight excluding hydrogens is 462 g/mol. The van der Waals surface area contributed by atoms with Gasteiger partial charge in [-0.2, -0.15) is 0 Å². The number of anilines is 1. The first-order valence-corrected chi connectivity index (χ1v) is 11.9. The standard InChI is InChI=1S/C27H27N3O6/c1-28(18-5-7-19(31)8-6-18)25(32)22-14-24(30-10-3-2-4-23(22)30)20-12-16-9-11-29(27(35)36)15-17(16)13-21(20)26(33)34/h5-8,12-14,31H,2-4,9-11,15H2,1H3,(H,33,34)(H,35,36). The lowest BCUT2D eigenvalue weighted by molar-refractivity contribution is 0.0697. The van der Waals surface area contributed by atoms with Crippen LogP contribution in [0, 0.1) is 0 Å². The molecule has 0 unspecified atom stereocenters. The third kappa shape index (κ3) is 4.06. The summed E-state index contributed by atoms with van der Waals surface area (Å²) in [5.41, 5.74) is 5.00. The van der Waals surface area contributed by atoms with Crippen molar-refractivity contribution in [2.75, 3.05) is 18.5 Å². The number of phenolic OH excluding ortho intramolecular Hbond substituents is 1. The van der Waals surface area contributed by atoms with Crippen LogP contribution in [-0.2, 0) is 25.9 Å². The van der Waals surface area contributed by atoms with Gasteiger partial charge in [-0.15, -0.1) is 0 Å². The van der Waals surface area contributed by atoms with Gasteiger partial charge >= 0.3 is 12.1 Å². The Balaban J connectivity index is 1.60. The molecule has 2 aliphatic heterocycles. The predicted octanol–water partition coefficient (Wildman–Crippen LogP) is 4.21. The third-order valence-electron chi connectivity index (χ3n) is 7.15. The Bertz CT molecular complexity index is 1380. The molecule has 3 N–H and O–H groups in total. The zero-order valence-electron chi connectivity index (χ0n) is 19.9. The number of hydrogen-bond donors (Lipinski definition) is 3. The summed E-state index contributed by atoms with van der Waals surface area (Å²) < 4.78 is 2.06. The molecule has 0 atom stereocenters. The summed E-state index contributed by atoms with van der Waals surface area (Å²) in [6.07, 6.45) is 2.05. The van der Waals surface area contributed by atoms with E-state index in [1.165, 1.54) is 21.9 Å². The summed E-state index contributed by atoms with van der Waals surface area (Å²) in [5.74, 6) is -1.19. The number of fused-ring (bicyclic) bond motifs is 2. The fourth-order valence-corrected chi connectivity index (χ4v) is 5.22. The van der Waals surface area contributed by atoms with Crippen molar-refractivity contribution in [3.8, 4) is 17.0 Å². The second-order valence-electron chi connectivity index (χ2n) is 9.31. The number of carboxylic acid groups (broad SMARTS) is 2. The molecule has 5 rings (SSSR count). The van der Waals surface area contributed by atoms with Gasteiger partial charge in [-0.3, -0.25) is 4.79 Å². The molecule has 2 aliphatic rings. The molecule has 0 saturated heterocycles. The zero-order valence-corrected chi connectivity index (χ0v) is 19.9. The molecule has 1 aromatic heterocycles. The average Bonchev–Trinajstić information content (AvgIpc) is 3.26. The van der Waals surface area contributed by atoms with Gasteiger partial charge in [-0.1, -0.05) is 0 Å². The number of benzene rings is 2. The van der Waals surface area contributed by atoms with Crippen LogP contribution in [-0.4, -0.2) is 56.3 Å². The lowest BCUT2D eigenvalue weighted by Crippen LogP contribution is -2.35. The first kappa shape index (κ1) is 23.5. The fourth-order valence-electron chi connectivity index (χ4n) is 5.22. The van der Waals surface area contributed by atoms with E-state index in [0.717, 1.165) is 24.1 Å². The van der Waals surface area contributed by atoms with Gasteiger partial charge in [0, 0.05) is 49.3 Å². The maximum absolute atomic E-state index is 13.6. The highest BCUT2D eigenvalue weighted by molar-refractivity contribution is 6.08. The largest absolute Gasteiger partial charge is 0.508 e. The normalized spacial score (nSPS) is 14.6. The van der Waals surface area contributed by atoms with Crippen LogP contribution in [0.15, 0.2) is 42.5 Å². The predicted molar refractivity (Wildman–Crippen MR) is 133 cm³/mol. The number of carbonyl (C=O) groups is 3. The monoisotopic (exact) mass is 489 g/mol. The van der Waals surface area contributed by atoms with Gasteiger partial charge in [0.05, 0.1) is 11.1 Å². The highest BCUT2D eigenvalue weighted by atomic mass is 16.4. The van der Waals surface area contributed by atoms with Crippen LogP contribution in [0.2, 0.25) is 0 Å². The molecule has 186 valence electrons. The van der Waals surface area contributed by atoms with E-state index in [2.05, 4.69) is 4.57 Å². The van der Waals surface area contributed by atoms with Crippen molar-refractivity contribution in [2.45, 2.75) is 38.8 Å². The Morgan fingerprint density at radius 2 is 1.64 bits per heavy atom. The van der Waals surface area contributed by atoms with Crippen LogP contribution < -0.4 is 4.90 Å². The van der Waals surface area contributed by atoms with Gasteiger partial charge < -0.3 is 29.7 Å². The Labute approximate surface area is 207 Å². The number of carboxylic acids is 1. The Morgan fingerprint density at radius 3 is 2.33 bits per heavy atom. The van der Waals surface area contributed by atoms with E-state index < -0.39 is 12.1 Å². The number of carbonyl (C=O) groups excluding carboxylic acids is 1. The van der Waals surface area contributed by atoms with Gasteiger partial charge in [0.2, 0.25) is 0 Å². The van der Waals surface area contributed by atoms with E-state index in [0.29, 0.717) is 54.0 Å². The smallest absolute Gasteiger partial charge is 0.407 e. The van der Waals surface area contributed by atoms with Crippen LogP contribution in [0.25, 0.3) is 11.3 Å². The van der Waals surface area contributed by atoms with E-state index >= 15 is 0 Å². The molecular formula is C27H27N3O6. The third-order valence-corrected chi connectivity index (χ3v) is 7.15. The van der Waals surface area contributed by atoms with E-state index in [-0.39, 0.29) is 23.8 Å². The molecule has 0 bridgehead atoms. The number of nitrogens with zero attached hydrogens (tertiary/aromatic N) is 3. The van der Waals surface area contributed by atoms with Gasteiger partial charge in [0.15, 0.2) is 0 Å². The SMILES string of the molecule is CN(C(=O)c1cc(-c2cc3c(cc2C(=O)O)CN(C(=O)O)CC3)n2c1CCCC2)c1ccc(O)cc1. The second-order valence-corrected chi connectivity index (χ2v) is 9.31. The molecule has 0 aliphatic carbocycles. The highest BCUT2D eigenvalue weighted by Crippen LogP contribution is 2.36. The lowest BCUT2D eigenvalue weighted by atomic mass is 9.92. The Hall–Kier alpha value is -4.27. The number of rotatable bonds is 4. The molecule has 0 radical (unpaired) electrons. The van der Waals surface area contributed by atoms with Crippen molar-refractivity contribution < 1.29 is 29.7 Å². The fraction of sp³-hybridized carbons (Fsp3) is 0.296. The van der Waals surface area contributed by atoms with Gasteiger partial charge in [-0.25, -0.2) is 9.59 Å². The second kappa shape index (κ2) is 9.07. The van der Waals surface area contributed by atoms with Crippen molar-refractivity contribution in [3.05, 3.63) is 70.4 Å².